The first-order chi connectivity index (χ1) is 8.16. The molecule has 17 heavy (non-hydrogen) atoms. The Morgan fingerprint density at radius 3 is 2.47 bits per heavy atom. The highest BCUT2D eigenvalue weighted by atomic mass is 16.5. The summed E-state index contributed by atoms with van der Waals surface area (Å²) in [5, 5.41) is 10.5. The Hall–Kier alpha value is -1.24. The molecule has 1 atom stereocenters. The van der Waals surface area contributed by atoms with Gasteiger partial charge in [-0.2, -0.15) is 0 Å². The van der Waals surface area contributed by atoms with Gasteiger partial charge in [-0.3, -0.25) is 0 Å². The minimum atomic E-state index is -1.10. The zero-order chi connectivity index (χ0) is 12.7. The van der Waals surface area contributed by atoms with Crippen LogP contribution in [0.4, 0.5) is 0 Å². The van der Waals surface area contributed by atoms with Gasteiger partial charge in [0.15, 0.2) is 0 Å². The van der Waals surface area contributed by atoms with E-state index in [0.29, 0.717) is 24.9 Å². The van der Waals surface area contributed by atoms with Crippen molar-refractivity contribution < 1.29 is 14.6 Å². The van der Waals surface area contributed by atoms with Crippen molar-refractivity contribution in [3.63, 3.8) is 0 Å². The lowest BCUT2D eigenvalue weighted by atomic mass is 9.92. The highest BCUT2D eigenvalue weighted by molar-refractivity contribution is 5.16. The fraction of sp³-hybridized carbons (Fsp3) is 0.636. The topological polar surface area (TPSA) is 90.5 Å². The van der Waals surface area contributed by atoms with Gasteiger partial charge >= 0.3 is 6.01 Å². The Morgan fingerprint density at radius 2 is 2.00 bits per heavy atom. The minimum absolute atomic E-state index is 0.183. The molecule has 3 N–H and O–H groups in total. The van der Waals surface area contributed by atoms with Gasteiger partial charge in [-0.15, -0.1) is 0 Å². The molecular formula is C11H19N3O3. The third-order valence-corrected chi connectivity index (χ3v) is 2.53. The summed E-state index contributed by atoms with van der Waals surface area (Å²) in [7, 11) is 3.03. The van der Waals surface area contributed by atoms with Crippen molar-refractivity contribution in [3.8, 4) is 6.01 Å². The zero-order valence-electron chi connectivity index (χ0n) is 10.2. The second-order valence-electron chi connectivity index (χ2n) is 3.82. The van der Waals surface area contributed by atoms with Crippen molar-refractivity contribution >= 4 is 0 Å². The molecule has 1 aromatic rings. The molecule has 0 aromatic carbocycles. The number of aliphatic hydroxyl groups is 1. The lowest BCUT2D eigenvalue weighted by Crippen LogP contribution is -2.32. The maximum absolute atomic E-state index is 10.5. The van der Waals surface area contributed by atoms with Gasteiger partial charge in [0.05, 0.1) is 13.7 Å². The number of methoxy groups -OCH3 is 2. The SMILES string of the molecule is COCC(O)(CCCN)c1cnc(OC)nc1. The summed E-state index contributed by atoms with van der Waals surface area (Å²) >= 11 is 0. The maximum atomic E-state index is 10.5. The molecule has 0 radical (unpaired) electrons. The van der Waals surface area contributed by atoms with Gasteiger partial charge in [0.2, 0.25) is 0 Å². The van der Waals surface area contributed by atoms with E-state index in [9.17, 15) is 5.11 Å². The number of hydrogen-bond acceptors (Lipinski definition) is 6. The van der Waals surface area contributed by atoms with E-state index in [-0.39, 0.29) is 12.6 Å². The van der Waals surface area contributed by atoms with Crippen molar-refractivity contribution in [3.05, 3.63) is 18.0 Å². The third-order valence-electron chi connectivity index (χ3n) is 2.53. The van der Waals surface area contributed by atoms with Gasteiger partial charge < -0.3 is 20.3 Å². The summed E-state index contributed by atoms with van der Waals surface area (Å²) < 4.78 is 9.91. The Bertz CT molecular complexity index is 331. The average molecular weight is 241 g/mol. The van der Waals surface area contributed by atoms with Crippen LogP contribution in [-0.2, 0) is 10.3 Å². The maximum Gasteiger partial charge on any atom is 0.316 e. The van der Waals surface area contributed by atoms with Crippen molar-refractivity contribution in [2.45, 2.75) is 18.4 Å². The number of hydrogen-bond donors (Lipinski definition) is 2. The van der Waals surface area contributed by atoms with Gasteiger partial charge in [0, 0.05) is 25.1 Å². The monoisotopic (exact) mass is 241 g/mol. The van der Waals surface area contributed by atoms with Crippen LogP contribution in [0.2, 0.25) is 0 Å². The molecule has 6 heteroatoms. The zero-order valence-corrected chi connectivity index (χ0v) is 10.2. The molecule has 0 bridgehead atoms. The Kier molecular flexibility index (Phi) is 5.27. The molecule has 0 aliphatic rings. The highest BCUT2D eigenvalue weighted by Gasteiger charge is 2.29. The van der Waals surface area contributed by atoms with Crippen molar-refractivity contribution in [2.24, 2.45) is 5.73 Å². The van der Waals surface area contributed by atoms with Gasteiger partial charge in [-0.05, 0) is 19.4 Å². The molecule has 0 aliphatic heterocycles. The number of rotatable bonds is 7. The first-order valence-electron chi connectivity index (χ1n) is 5.44. The van der Waals surface area contributed by atoms with Crippen molar-refractivity contribution in [1.82, 2.24) is 9.97 Å². The third kappa shape index (κ3) is 3.62. The number of aromatic nitrogens is 2. The molecule has 0 aliphatic carbocycles. The first kappa shape index (κ1) is 13.8. The van der Waals surface area contributed by atoms with E-state index in [1.54, 1.807) is 12.4 Å². The molecule has 6 nitrogen and oxygen atoms in total. The molecule has 1 heterocycles. The smallest absolute Gasteiger partial charge is 0.316 e. The van der Waals surface area contributed by atoms with Crippen LogP contribution >= 0.6 is 0 Å². The van der Waals surface area contributed by atoms with Crippen LogP contribution in [0.1, 0.15) is 18.4 Å². The summed E-state index contributed by atoms with van der Waals surface area (Å²) in [5.74, 6) is 0. The van der Waals surface area contributed by atoms with Crippen LogP contribution in [0.3, 0.4) is 0 Å². The van der Waals surface area contributed by atoms with Crippen molar-refractivity contribution in [2.75, 3.05) is 27.4 Å². The van der Waals surface area contributed by atoms with Gasteiger partial charge in [-0.25, -0.2) is 9.97 Å². The van der Waals surface area contributed by atoms with E-state index >= 15 is 0 Å². The predicted octanol–water partition coefficient (Wildman–Crippen LogP) is 0.0581. The summed E-state index contributed by atoms with van der Waals surface area (Å²) in [6.07, 6.45) is 4.29. The van der Waals surface area contributed by atoms with E-state index in [1.807, 2.05) is 0 Å². The molecule has 1 aromatic heterocycles. The molecule has 96 valence electrons. The largest absolute Gasteiger partial charge is 0.467 e. The van der Waals surface area contributed by atoms with E-state index in [0.717, 1.165) is 0 Å². The van der Waals surface area contributed by atoms with E-state index in [2.05, 4.69) is 9.97 Å². The molecule has 1 unspecified atom stereocenters. The molecule has 0 amide bonds. The molecule has 1 rings (SSSR count). The molecule has 0 saturated heterocycles. The fourth-order valence-electron chi connectivity index (χ4n) is 1.60. The van der Waals surface area contributed by atoms with Crippen LogP contribution in [-0.4, -0.2) is 42.4 Å². The average Bonchev–Trinajstić information content (AvgIpc) is 2.37. The fourth-order valence-corrected chi connectivity index (χ4v) is 1.60. The summed E-state index contributed by atoms with van der Waals surface area (Å²) in [5.41, 5.74) is 4.96. The summed E-state index contributed by atoms with van der Waals surface area (Å²) in [4.78, 5) is 7.95. The Labute approximate surface area is 101 Å². The second-order valence-corrected chi connectivity index (χ2v) is 3.82. The quantitative estimate of drug-likeness (QED) is 0.701. The summed E-state index contributed by atoms with van der Waals surface area (Å²) in [6.45, 7) is 0.700. The number of nitrogens with two attached hydrogens (primary N) is 1. The normalized spacial score (nSPS) is 14.4. The molecule has 0 fully saturated rings. The minimum Gasteiger partial charge on any atom is -0.467 e. The van der Waals surface area contributed by atoms with Gasteiger partial charge in [0.25, 0.3) is 0 Å². The Morgan fingerprint density at radius 1 is 1.35 bits per heavy atom. The molecule has 0 spiro atoms. The standard InChI is InChI=1S/C11H19N3O3/c1-16-8-11(15,4-3-5-12)9-6-13-10(17-2)14-7-9/h6-7,15H,3-5,8,12H2,1-2H3. The van der Waals surface area contributed by atoms with Crippen LogP contribution in [0.5, 0.6) is 6.01 Å². The van der Waals surface area contributed by atoms with E-state index in [4.69, 9.17) is 15.2 Å². The predicted molar refractivity (Wildman–Crippen MR) is 62.6 cm³/mol. The first-order valence-corrected chi connectivity index (χ1v) is 5.44. The van der Waals surface area contributed by atoms with Crippen LogP contribution in [0, 0.1) is 0 Å². The van der Waals surface area contributed by atoms with Crippen LogP contribution < -0.4 is 10.5 Å². The van der Waals surface area contributed by atoms with E-state index in [1.165, 1.54) is 14.2 Å². The van der Waals surface area contributed by atoms with Crippen LogP contribution in [0.15, 0.2) is 12.4 Å². The van der Waals surface area contributed by atoms with Crippen LogP contribution in [0.25, 0.3) is 0 Å². The second kappa shape index (κ2) is 6.48. The van der Waals surface area contributed by atoms with Crippen molar-refractivity contribution in [1.29, 1.82) is 0 Å². The van der Waals surface area contributed by atoms with Gasteiger partial charge in [-0.1, -0.05) is 0 Å². The lowest BCUT2D eigenvalue weighted by Gasteiger charge is -2.27. The molecule has 0 saturated carbocycles. The highest BCUT2D eigenvalue weighted by Crippen LogP contribution is 2.26. The van der Waals surface area contributed by atoms with Gasteiger partial charge in [0.1, 0.15) is 5.60 Å². The Balaban J connectivity index is 2.87. The summed E-state index contributed by atoms with van der Waals surface area (Å²) in [6, 6.07) is 0.271. The van der Waals surface area contributed by atoms with E-state index < -0.39 is 5.60 Å². The number of nitrogens with zero attached hydrogens (tertiary/aromatic N) is 2. The molecular weight excluding hydrogens is 222 g/mol. The number of ether oxygens (including phenoxy) is 2. The lowest BCUT2D eigenvalue weighted by molar-refractivity contribution is -0.0435.